The van der Waals surface area contributed by atoms with E-state index in [-0.39, 0.29) is 11.5 Å². The lowest BCUT2D eigenvalue weighted by atomic mass is 10.2. The highest BCUT2D eigenvalue weighted by atomic mass is 16.5. The van der Waals surface area contributed by atoms with Gasteiger partial charge in [-0.15, -0.1) is 0 Å². The van der Waals surface area contributed by atoms with Crippen molar-refractivity contribution in [3.8, 4) is 0 Å². The van der Waals surface area contributed by atoms with Crippen LogP contribution in [0.5, 0.6) is 0 Å². The SMILES string of the molecule is COC(=O)C(NC(=O)c1ccco1)=C(C)C. The maximum absolute atomic E-state index is 11.6. The third-order valence-electron chi connectivity index (χ3n) is 1.87. The highest BCUT2D eigenvalue weighted by Crippen LogP contribution is 2.05. The number of hydrogen-bond acceptors (Lipinski definition) is 4. The largest absolute Gasteiger partial charge is 0.464 e. The van der Waals surface area contributed by atoms with Crippen LogP contribution in [-0.2, 0) is 9.53 Å². The normalized spacial score (nSPS) is 9.44. The Kier molecular flexibility index (Phi) is 3.88. The van der Waals surface area contributed by atoms with Gasteiger partial charge in [0, 0.05) is 0 Å². The lowest BCUT2D eigenvalue weighted by Crippen LogP contribution is -2.28. The van der Waals surface area contributed by atoms with E-state index >= 15 is 0 Å². The van der Waals surface area contributed by atoms with Crippen molar-refractivity contribution in [1.82, 2.24) is 5.32 Å². The van der Waals surface area contributed by atoms with Crippen LogP contribution < -0.4 is 5.32 Å². The summed E-state index contributed by atoms with van der Waals surface area (Å²) in [7, 11) is 1.25. The molecule has 0 unspecified atom stereocenters. The standard InChI is InChI=1S/C11H13NO4/c1-7(2)9(11(14)15-3)12-10(13)8-5-4-6-16-8/h4-6H,1-3H3,(H,12,13). The minimum Gasteiger partial charge on any atom is -0.464 e. The van der Waals surface area contributed by atoms with Gasteiger partial charge in [0.2, 0.25) is 0 Å². The molecule has 0 aliphatic carbocycles. The molecule has 86 valence electrons. The minimum atomic E-state index is -0.583. The van der Waals surface area contributed by atoms with Gasteiger partial charge in [-0.2, -0.15) is 0 Å². The summed E-state index contributed by atoms with van der Waals surface area (Å²) in [4.78, 5) is 22.9. The molecule has 0 saturated heterocycles. The van der Waals surface area contributed by atoms with E-state index in [1.807, 2.05) is 0 Å². The predicted molar refractivity (Wildman–Crippen MR) is 56.6 cm³/mol. The quantitative estimate of drug-likeness (QED) is 0.622. The van der Waals surface area contributed by atoms with E-state index in [0.717, 1.165) is 0 Å². The zero-order valence-corrected chi connectivity index (χ0v) is 9.37. The first kappa shape index (κ1) is 12.0. The van der Waals surface area contributed by atoms with E-state index < -0.39 is 11.9 Å². The lowest BCUT2D eigenvalue weighted by Gasteiger charge is -2.08. The number of rotatable bonds is 3. The zero-order valence-electron chi connectivity index (χ0n) is 9.37. The van der Waals surface area contributed by atoms with Crippen LogP contribution in [0.1, 0.15) is 24.4 Å². The van der Waals surface area contributed by atoms with Gasteiger partial charge in [0.1, 0.15) is 5.70 Å². The fourth-order valence-electron chi connectivity index (χ4n) is 1.07. The van der Waals surface area contributed by atoms with Crippen LogP contribution in [0.3, 0.4) is 0 Å². The summed E-state index contributed by atoms with van der Waals surface area (Å²) in [5, 5.41) is 2.44. The fraction of sp³-hybridized carbons (Fsp3) is 0.273. The first-order chi connectivity index (χ1) is 7.56. The van der Waals surface area contributed by atoms with Crippen LogP contribution in [-0.4, -0.2) is 19.0 Å². The Morgan fingerprint density at radius 1 is 1.38 bits per heavy atom. The van der Waals surface area contributed by atoms with Gasteiger partial charge < -0.3 is 14.5 Å². The Hall–Kier alpha value is -2.04. The van der Waals surface area contributed by atoms with Gasteiger partial charge in [-0.1, -0.05) is 0 Å². The average Bonchev–Trinajstić information content (AvgIpc) is 2.77. The molecule has 0 aliphatic heterocycles. The molecule has 1 aromatic rings. The predicted octanol–water partition coefficient (Wildman–Crippen LogP) is 1.48. The molecule has 0 aromatic carbocycles. The van der Waals surface area contributed by atoms with E-state index in [1.165, 1.54) is 19.4 Å². The zero-order chi connectivity index (χ0) is 12.1. The molecule has 0 fully saturated rings. The number of furan rings is 1. The number of allylic oxidation sites excluding steroid dienone is 1. The smallest absolute Gasteiger partial charge is 0.354 e. The first-order valence-electron chi connectivity index (χ1n) is 4.67. The van der Waals surface area contributed by atoms with Crippen molar-refractivity contribution >= 4 is 11.9 Å². The molecular formula is C11H13NO4. The highest BCUT2D eigenvalue weighted by Gasteiger charge is 2.17. The molecule has 1 N–H and O–H groups in total. The molecule has 1 aromatic heterocycles. The number of nitrogens with one attached hydrogen (secondary N) is 1. The molecular weight excluding hydrogens is 210 g/mol. The Bertz CT molecular complexity index is 413. The van der Waals surface area contributed by atoms with Gasteiger partial charge in [0.05, 0.1) is 13.4 Å². The molecule has 0 bridgehead atoms. The van der Waals surface area contributed by atoms with Gasteiger partial charge in [-0.25, -0.2) is 4.79 Å². The summed E-state index contributed by atoms with van der Waals surface area (Å²) >= 11 is 0. The summed E-state index contributed by atoms with van der Waals surface area (Å²) in [6, 6.07) is 3.10. The topological polar surface area (TPSA) is 68.5 Å². The molecule has 0 aliphatic rings. The molecule has 5 nitrogen and oxygen atoms in total. The number of ether oxygens (including phenoxy) is 1. The monoisotopic (exact) mass is 223 g/mol. The fourth-order valence-corrected chi connectivity index (χ4v) is 1.07. The van der Waals surface area contributed by atoms with E-state index in [0.29, 0.717) is 5.57 Å². The van der Waals surface area contributed by atoms with Crippen molar-refractivity contribution in [2.24, 2.45) is 0 Å². The van der Waals surface area contributed by atoms with Gasteiger partial charge in [0.25, 0.3) is 5.91 Å². The Morgan fingerprint density at radius 3 is 2.50 bits per heavy atom. The second-order valence-corrected chi connectivity index (χ2v) is 3.30. The first-order valence-corrected chi connectivity index (χ1v) is 4.67. The number of carbonyl (C=O) groups is 2. The Balaban J connectivity index is 2.83. The second-order valence-electron chi connectivity index (χ2n) is 3.30. The van der Waals surface area contributed by atoms with E-state index in [9.17, 15) is 9.59 Å². The van der Waals surface area contributed by atoms with Crippen LogP contribution in [0.15, 0.2) is 34.1 Å². The number of esters is 1. The van der Waals surface area contributed by atoms with Crippen molar-refractivity contribution in [2.75, 3.05) is 7.11 Å². The van der Waals surface area contributed by atoms with Gasteiger partial charge in [-0.05, 0) is 31.6 Å². The number of carbonyl (C=O) groups excluding carboxylic acids is 2. The molecule has 0 spiro atoms. The third kappa shape index (κ3) is 2.73. The van der Waals surface area contributed by atoms with Crippen LogP contribution >= 0.6 is 0 Å². The van der Waals surface area contributed by atoms with Crippen LogP contribution in [0, 0.1) is 0 Å². The van der Waals surface area contributed by atoms with E-state index in [4.69, 9.17) is 4.42 Å². The van der Waals surface area contributed by atoms with E-state index in [2.05, 4.69) is 10.1 Å². The Morgan fingerprint density at radius 2 is 2.06 bits per heavy atom. The van der Waals surface area contributed by atoms with Crippen molar-refractivity contribution in [2.45, 2.75) is 13.8 Å². The third-order valence-corrected chi connectivity index (χ3v) is 1.87. The number of methoxy groups -OCH3 is 1. The van der Waals surface area contributed by atoms with Crippen molar-refractivity contribution in [3.05, 3.63) is 35.4 Å². The Labute approximate surface area is 93.1 Å². The van der Waals surface area contributed by atoms with Gasteiger partial charge in [-0.3, -0.25) is 4.79 Å². The summed E-state index contributed by atoms with van der Waals surface area (Å²) in [6.07, 6.45) is 1.38. The molecule has 1 amide bonds. The molecule has 1 heterocycles. The minimum absolute atomic E-state index is 0.129. The summed E-state index contributed by atoms with van der Waals surface area (Å²) in [6.45, 7) is 3.41. The number of hydrogen-bond donors (Lipinski definition) is 1. The molecule has 0 atom stereocenters. The molecule has 5 heteroatoms. The van der Waals surface area contributed by atoms with Crippen LogP contribution in [0.25, 0.3) is 0 Å². The molecule has 16 heavy (non-hydrogen) atoms. The summed E-state index contributed by atoms with van der Waals surface area (Å²) in [5.41, 5.74) is 0.788. The highest BCUT2D eigenvalue weighted by molar-refractivity contribution is 5.99. The lowest BCUT2D eigenvalue weighted by molar-refractivity contribution is -0.136. The number of amides is 1. The van der Waals surface area contributed by atoms with Gasteiger partial charge >= 0.3 is 5.97 Å². The van der Waals surface area contributed by atoms with Gasteiger partial charge in [0.15, 0.2) is 5.76 Å². The maximum Gasteiger partial charge on any atom is 0.354 e. The van der Waals surface area contributed by atoms with Crippen molar-refractivity contribution in [3.63, 3.8) is 0 Å². The summed E-state index contributed by atoms with van der Waals surface area (Å²) < 4.78 is 9.45. The average molecular weight is 223 g/mol. The molecule has 1 rings (SSSR count). The maximum atomic E-state index is 11.6. The molecule has 0 saturated carbocycles. The summed E-state index contributed by atoms with van der Waals surface area (Å²) in [5.74, 6) is -0.922. The molecule has 0 radical (unpaired) electrons. The van der Waals surface area contributed by atoms with E-state index in [1.54, 1.807) is 19.9 Å². The second kappa shape index (κ2) is 5.16. The van der Waals surface area contributed by atoms with Crippen molar-refractivity contribution in [1.29, 1.82) is 0 Å². The van der Waals surface area contributed by atoms with Crippen LogP contribution in [0.4, 0.5) is 0 Å². The van der Waals surface area contributed by atoms with Crippen LogP contribution in [0.2, 0.25) is 0 Å². The van der Waals surface area contributed by atoms with Crippen molar-refractivity contribution < 1.29 is 18.7 Å².